The molecule has 0 radical (unpaired) electrons. The molecule has 136 valence electrons. The lowest BCUT2D eigenvalue weighted by atomic mass is 10.0. The van der Waals surface area contributed by atoms with E-state index >= 15 is 0 Å². The van der Waals surface area contributed by atoms with E-state index in [0.29, 0.717) is 5.56 Å². The lowest BCUT2D eigenvalue weighted by Gasteiger charge is -2.09. The second kappa shape index (κ2) is 10.4. The smallest absolute Gasteiger partial charge is 0.306 e. The Labute approximate surface area is 157 Å². The Morgan fingerprint density at radius 2 is 1.69 bits per heavy atom. The second-order valence-corrected chi connectivity index (χ2v) is 5.91. The van der Waals surface area contributed by atoms with Crippen molar-refractivity contribution in [2.75, 3.05) is 13.2 Å². The van der Waals surface area contributed by atoms with Crippen LogP contribution in [0.4, 0.5) is 4.39 Å². The highest BCUT2D eigenvalue weighted by atomic mass is 32.1. The molecule has 0 fully saturated rings. The predicted molar refractivity (Wildman–Crippen MR) is 103 cm³/mol. The van der Waals surface area contributed by atoms with Crippen molar-refractivity contribution in [3.05, 3.63) is 60.2 Å². The van der Waals surface area contributed by atoms with Crippen molar-refractivity contribution in [3.63, 3.8) is 0 Å². The highest BCUT2D eigenvalue weighted by Gasteiger charge is 2.13. The van der Waals surface area contributed by atoms with Gasteiger partial charge in [0.2, 0.25) is 0 Å². The Hall–Kier alpha value is -2.60. The van der Waals surface area contributed by atoms with Crippen molar-refractivity contribution in [2.45, 2.75) is 19.0 Å². The number of hydrogen-bond donors (Lipinski definition) is 1. The maximum atomic E-state index is 13.3. The predicted octanol–water partition coefficient (Wildman–Crippen LogP) is 3.74. The third-order valence-corrected chi connectivity index (χ3v) is 3.88. The molecule has 1 unspecified atom stereocenters. The zero-order valence-corrected chi connectivity index (χ0v) is 15.0. The van der Waals surface area contributed by atoms with Gasteiger partial charge in [-0.15, -0.1) is 0 Å². The monoisotopic (exact) mass is 373 g/mol. The third-order valence-electron chi connectivity index (χ3n) is 3.72. The van der Waals surface area contributed by atoms with E-state index < -0.39 is 12.1 Å². The number of ether oxygens (including phenoxy) is 1. The van der Waals surface area contributed by atoms with Crippen LogP contribution in [0.5, 0.6) is 0 Å². The van der Waals surface area contributed by atoms with Gasteiger partial charge in [-0.3, -0.25) is 9.59 Å². The molecule has 0 saturated heterocycles. The Kier molecular flexibility index (Phi) is 7.89. The summed E-state index contributed by atoms with van der Waals surface area (Å²) in [7, 11) is 0. The highest BCUT2D eigenvalue weighted by molar-refractivity contribution is 7.78. The van der Waals surface area contributed by atoms with Crippen LogP contribution in [-0.4, -0.2) is 36.6 Å². The lowest BCUT2D eigenvalue weighted by Crippen LogP contribution is -2.27. The number of hydrogen-bond acceptors (Lipinski definition) is 4. The van der Waals surface area contributed by atoms with Gasteiger partial charge in [0.05, 0.1) is 11.9 Å². The van der Waals surface area contributed by atoms with Gasteiger partial charge in [0, 0.05) is 18.5 Å². The first-order valence-electron chi connectivity index (χ1n) is 8.25. The van der Waals surface area contributed by atoms with E-state index in [4.69, 9.17) is 4.74 Å². The van der Waals surface area contributed by atoms with Crippen LogP contribution < -0.4 is 5.32 Å². The van der Waals surface area contributed by atoms with E-state index in [2.05, 4.69) is 17.5 Å². The molecular formula is C20H20FNO3S. The Morgan fingerprint density at radius 1 is 1.04 bits per heavy atom. The lowest BCUT2D eigenvalue weighted by molar-refractivity contribution is -0.145. The standard InChI is InChI=1S/C20H20FNO3S/c21-18(12-22-14-26)13-25-20(24)11-10-19(23)17-8-6-16(7-9-17)15-4-2-1-3-5-15/h1-9,14,18H,10-13H2,(H,22,26). The van der Waals surface area contributed by atoms with Crippen LogP contribution in [0, 0.1) is 0 Å². The zero-order valence-electron chi connectivity index (χ0n) is 14.2. The van der Waals surface area contributed by atoms with E-state index in [0.717, 1.165) is 11.1 Å². The molecule has 0 bridgehead atoms. The Morgan fingerprint density at radius 3 is 2.35 bits per heavy atom. The maximum absolute atomic E-state index is 13.3. The molecule has 4 nitrogen and oxygen atoms in total. The van der Waals surface area contributed by atoms with Crippen molar-refractivity contribution in [2.24, 2.45) is 0 Å². The first-order chi connectivity index (χ1) is 12.6. The Balaban J connectivity index is 1.79. The minimum absolute atomic E-state index is 0.0104. The van der Waals surface area contributed by atoms with Gasteiger partial charge in [-0.2, -0.15) is 0 Å². The van der Waals surface area contributed by atoms with Gasteiger partial charge >= 0.3 is 5.97 Å². The fourth-order valence-corrected chi connectivity index (χ4v) is 2.43. The third kappa shape index (κ3) is 6.37. The second-order valence-electron chi connectivity index (χ2n) is 5.67. The number of carbonyl (C=O) groups excluding carboxylic acids is 2. The van der Waals surface area contributed by atoms with Crippen LogP contribution in [-0.2, 0) is 9.53 Å². The molecule has 2 rings (SSSR count). The van der Waals surface area contributed by atoms with Gasteiger partial charge in [-0.1, -0.05) is 66.8 Å². The molecule has 0 heterocycles. The summed E-state index contributed by atoms with van der Waals surface area (Å²) in [5, 5.41) is 2.53. The number of carbonyl (C=O) groups is 2. The van der Waals surface area contributed by atoms with Crippen LogP contribution >= 0.6 is 12.2 Å². The number of thiocarbonyl (C=S) groups is 1. The largest absolute Gasteiger partial charge is 0.462 e. The van der Waals surface area contributed by atoms with E-state index in [9.17, 15) is 14.0 Å². The maximum Gasteiger partial charge on any atom is 0.306 e. The average Bonchev–Trinajstić information content (AvgIpc) is 2.69. The summed E-state index contributed by atoms with van der Waals surface area (Å²) in [4.78, 5) is 23.8. The summed E-state index contributed by atoms with van der Waals surface area (Å²) in [5.74, 6) is -0.745. The summed E-state index contributed by atoms with van der Waals surface area (Å²) < 4.78 is 18.1. The van der Waals surface area contributed by atoms with Crippen LogP contribution in [0.15, 0.2) is 54.6 Å². The molecule has 0 amide bonds. The van der Waals surface area contributed by atoms with Gasteiger partial charge in [0.25, 0.3) is 0 Å². The molecule has 26 heavy (non-hydrogen) atoms. The number of halogens is 1. The summed E-state index contributed by atoms with van der Waals surface area (Å²) in [5.41, 5.74) is 3.82. The molecule has 2 aromatic rings. The zero-order chi connectivity index (χ0) is 18.8. The van der Waals surface area contributed by atoms with Gasteiger partial charge < -0.3 is 10.1 Å². The van der Waals surface area contributed by atoms with Crippen molar-refractivity contribution in [1.82, 2.24) is 5.32 Å². The molecule has 0 spiro atoms. The van der Waals surface area contributed by atoms with E-state index in [1.165, 1.54) is 5.49 Å². The van der Waals surface area contributed by atoms with Crippen LogP contribution in [0.1, 0.15) is 23.2 Å². The highest BCUT2D eigenvalue weighted by Crippen LogP contribution is 2.20. The minimum atomic E-state index is -1.33. The minimum Gasteiger partial charge on any atom is -0.462 e. The molecule has 6 heteroatoms. The van der Waals surface area contributed by atoms with Crippen LogP contribution in [0.2, 0.25) is 0 Å². The van der Waals surface area contributed by atoms with Crippen molar-refractivity contribution in [3.8, 4) is 11.1 Å². The molecule has 2 aromatic carbocycles. The molecule has 0 saturated carbocycles. The topological polar surface area (TPSA) is 55.4 Å². The van der Waals surface area contributed by atoms with Gasteiger partial charge in [0.1, 0.15) is 6.61 Å². The first kappa shape index (κ1) is 19.7. The number of alkyl halides is 1. The van der Waals surface area contributed by atoms with E-state index in [-0.39, 0.29) is 31.8 Å². The quantitative estimate of drug-likeness (QED) is 0.391. The average molecular weight is 373 g/mol. The fourth-order valence-electron chi connectivity index (χ4n) is 2.33. The number of benzene rings is 2. The molecule has 1 N–H and O–H groups in total. The summed E-state index contributed by atoms with van der Waals surface area (Å²) in [6.45, 7) is -0.363. The van der Waals surface area contributed by atoms with Gasteiger partial charge in [-0.25, -0.2) is 4.39 Å². The summed E-state index contributed by atoms with van der Waals surface area (Å²) >= 11 is 4.51. The van der Waals surface area contributed by atoms with Gasteiger partial charge in [-0.05, 0) is 11.1 Å². The summed E-state index contributed by atoms with van der Waals surface area (Å²) in [6, 6.07) is 17.1. The number of Topliss-reactive ketones (excluding diaryl/α,β-unsaturated/α-hetero) is 1. The number of nitrogens with one attached hydrogen (secondary N) is 1. The molecular weight excluding hydrogens is 353 g/mol. The van der Waals surface area contributed by atoms with E-state index in [1.54, 1.807) is 12.1 Å². The van der Waals surface area contributed by atoms with Crippen LogP contribution in [0.3, 0.4) is 0 Å². The van der Waals surface area contributed by atoms with Gasteiger partial charge in [0.15, 0.2) is 12.0 Å². The SMILES string of the molecule is O=C(CCC(=O)c1ccc(-c2ccccc2)cc1)OCC(F)CNC=S. The first-order valence-corrected chi connectivity index (χ1v) is 8.72. The molecule has 0 aromatic heterocycles. The molecule has 0 aliphatic rings. The molecule has 0 aliphatic carbocycles. The van der Waals surface area contributed by atoms with E-state index in [1.807, 2.05) is 42.5 Å². The molecule has 0 aliphatic heterocycles. The normalized spacial score (nSPS) is 11.4. The summed E-state index contributed by atoms with van der Waals surface area (Å²) in [6.07, 6.45) is -1.38. The van der Waals surface area contributed by atoms with Crippen LogP contribution in [0.25, 0.3) is 11.1 Å². The number of esters is 1. The molecule has 1 atom stereocenters. The van der Waals surface area contributed by atoms with Crippen molar-refractivity contribution < 1.29 is 18.7 Å². The van der Waals surface area contributed by atoms with Crippen molar-refractivity contribution >= 4 is 29.5 Å². The fraction of sp³-hybridized carbons (Fsp3) is 0.250. The van der Waals surface area contributed by atoms with Crippen molar-refractivity contribution in [1.29, 1.82) is 0 Å². The Bertz CT molecular complexity index is 734. The number of ketones is 1. The number of rotatable bonds is 10.